The van der Waals surface area contributed by atoms with Gasteiger partial charge >= 0.3 is 5.97 Å². The Morgan fingerprint density at radius 3 is 2.70 bits per heavy atom. The van der Waals surface area contributed by atoms with Crippen molar-refractivity contribution in [3.05, 3.63) is 0 Å². The number of ether oxygens (including phenoxy) is 2. The van der Waals surface area contributed by atoms with Crippen molar-refractivity contribution in [3.63, 3.8) is 0 Å². The van der Waals surface area contributed by atoms with Crippen molar-refractivity contribution in [2.24, 2.45) is 0 Å². The molecule has 0 aromatic heterocycles. The Hall–Kier alpha value is -0.850. The fraction of sp³-hybridized carbons (Fsp3) is 0.846. The van der Waals surface area contributed by atoms with Gasteiger partial charge in [0.25, 0.3) is 0 Å². The first-order valence-electron chi connectivity index (χ1n) is 6.72. The first kappa shape index (κ1) is 19.1. The molecule has 0 aromatic carbocycles. The zero-order valence-electron chi connectivity index (χ0n) is 12.4. The number of morpholine rings is 1. The summed E-state index contributed by atoms with van der Waals surface area (Å²) >= 11 is 0. The second kappa shape index (κ2) is 9.15. The van der Waals surface area contributed by atoms with E-state index < -0.39 is 11.5 Å². The molecule has 2 atom stereocenters. The van der Waals surface area contributed by atoms with Crippen LogP contribution in [-0.4, -0.2) is 50.3 Å². The van der Waals surface area contributed by atoms with Crippen LogP contribution in [0, 0.1) is 0 Å². The van der Waals surface area contributed by atoms with Crippen LogP contribution in [0.4, 0.5) is 0 Å². The van der Waals surface area contributed by atoms with Crippen LogP contribution in [0.25, 0.3) is 0 Å². The van der Waals surface area contributed by atoms with E-state index in [4.69, 9.17) is 9.47 Å². The maximum absolute atomic E-state index is 12.0. The van der Waals surface area contributed by atoms with Crippen LogP contribution < -0.4 is 10.6 Å². The predicted octanol–water partition coefficient (Wildman–Crippen LogP) is 0.635. The molecule has 0 bridgehead atoms. The van der Waals surface area contributed by atoms with Gasteiger partial charge in [-0.15, -0.1) is 12.4 Å². The van der Waals surface area contributed by atoms with Crippen molar-refractivity contribution < 1.29 is 19.1 Å². The topological polar surface area (TPSA) is 76.7 Å². The lowest BCUT2D eigenvalue weighted by Gasteiger charge is -2.29. The summed E-state index contributed by atoms with van der Waals surface area (Å²) in [6, 6.07) is 0.0114. The van der Waals surface area contributed by atoms with E-state index in [1.54, 1.807) is 6.92 Å². The van der Waals surface area contributed by atoms with E-state index in [9.17, 15) is 9.59 Å². The van der Waals surface area contributed by atoms with Gasteiger partial charge in [-0.25, -0.2) is 4.79 Å². The largest absolute Gasteiger partial charge is 0.467 e. The summed E-state index contributed by atoms with van der Waals surface area (Å²) in [7, 11) is 1.33. The second-order valence-electron chi connectivity index (χ2n) is 5.05. The number of halogens is 1. The van der Waals surface area contributed by atoms with Gasteiger partial charge in [0.1, 0.15) is 5.54 Å². The third-order valence-corrected chi connectivity index (χ3v) is 3.23. The molecule has 1 rings (SSSR count). The molecule has 2 N–H and O–H groups in total. The standard InChI is InChI=1S/C13H24N2O4.ClH/c1-4-5-13(2,12(17)18-3)15-11(16)8-10-9-19-7-6-14-10;/h10,14H,4-9H2,1-3H3,(H,15,16);1H. The lowest BCUT2D eigenvalue weighted by Crippen LogP contribution is -2.54. The highest BCUT2D eigenvalue weighted by Gasteiger charge is 2.35. The van der Waals surface area contributed by atoms with Gasteiger partial charge in [0.15, 0.2) is 0 Å². The van der Waals surface area contributed by atoms with Crippen LogP contribution >= 0.6 is 12.4 Å². The van der Waals surface area contributed by atoms with Gasteiger partial charge in [0.2, 0.25) is 5.91 Å². The number of nitrogens with one attached hydrogen (secondary N) is 2. The quantitative estimate of drug-likeness (QED) is 0.704. The van der Waals surface area contributed by atoms with Crippen molar-refractivity contribution in [3.8, 4) is 0 Å². The Bertz CT molecular complexity index is 321. The molecule has 0 spiro atoms. The molecule has 7 heteroatoms. The molecule has 2 unspecified atom stereocenters. The smallest absolute Gasteiger partial charge is 0.331 e. The summed E-state index contributed by atoms with van der Waals surface area (Å²) in [5.41, 5.74) is -0.948. The summed E-state index contributed by atoms with van der Waals surface area (Å²) in [5.74, 6) is -0.570. The van der Waals surface area contributed by atoms with E-state index >= 15 is 0 Å². The zero-order valence-corrected chi connectivity index (χ0v) is 13.2. The summed E-state index contributed by atoms with van der Waals surface area (Å²) in [5, 5.41) is 5.99. The van der Waals surface area contributed by atoms with Crippen LogP contribution in [0.2, 0.25) is 0 Å². The molecule has 20 heavy (non-hydrogen) atoms. The van der Waals surface area contributed by atoms with Gasteiger partial charge in [-0.3, -0.25) is 4.79 Å². The van der Waals surface area contributed by atoms with E-state index in [1.807, 2.05) is 6.92 Å². The average Bonchev–Trinajstić information content (AvgIpc) is 2.38. The highest BCUT2D eigenvalue weighted by Crippen LogP contribution is 2.15. The third-order valence-electron chi connectivity index (χ3n) is 3.23. The first-order valence-corrected chi connectivity index (χ1v) is 6.72. The second-order valence-corrected chi connectivity index (χ2v) is 5.05. The van der Waals surface area contributed by atoms with Crippen molar-refractivity contribution in [1.82, 2.24) is 10.6 Å². The van der Waals surface area contributed by atoms with E-state index in [0.717, 1.165) is 13.0 Å². The van der Waals surface area contributed by atoms with Crippen LogP contribution in [0.3, 0.4) is 0 Å². The minimum absolute atomic E-state index is 0. The number of carbonyl (C=O) groups excluding carboxylic acids is 2. The number of amides is 1. The lowest BCUT2D eigenvalue weighted by atomic mass is 9.95. The predicted molar refractivity (Wildman–Crippen MR) is 77.9 cm³/mol. The normalized spacial score (nSPS) is 21.2. The Morgan fingerprint density at radius 2 is 2.20 bits per heavy atom. The van der Waals surface area contributed by atoms with E-state index in [0.29, 0.717) is 26.1 Å². The lowest BCUT2D eigenvalue weighted by molar-refractivity contribution is -0.150. The van der Waals surface area contributed by atoms with Crippen molar-refractivity contribution in [1.29, 1.82) is 0 Å². The van der Waals surface area contributed by atoms with Gasteiger partial charge in [-0.2, -0.15) is 0 Å². The van der Waals surface area contributed by atoms with Gasteiger partial charge in [0, 0.05) is 19.0 Å². The minimum atomic E-state index is -0.948. The Balaban J connectivity index is 0.00000361. The molecule has 1 aliphatic heterocycles. The molecule has 1 heterocycles. The number of hydrogen-bond donors (Lipinski definition) is 2. The van der Waals surface area contributed by atoms with E-state index in [2.05, 4.69) is 10.6 Å². The molecular formula is C13H25ClN2O4. The molecule has 118 valence electrons. The molecular weight excluding hydrogens is 284 g/mol. The summed E-state index contributed by atoms with van der Waals surface area (Å²) in [6.07, 6.45) is 1.65. The fourth-order valence-corrected chi connectivity index (χ4v) is 2.27. The Morgan fingerprint density at radius 1 is 1.50 bits per heavy atom. The number of hydrogen-bond acceptors (Lipinski definition) is 5. The number of methoxy groups -OCH3 is 1. The molecule has 1 amide bonds. The zero-order chi connectivity index (χ0) is 14.3. The number of carbonyl (C=O) groups is 2. The molecule has 1 aliphatic rings. The number of esters is 1. The SMILES string of the molecule is CCCC(C)(NC(=O)CC1COCCN1)C(=O)OC.Cl. The molecule has 6 nitrogen and oxygen atoms in total. The maximum Gasteiger partial charge on any atom is 0.331 e. The van der Waals surface area contributed by atoms with Crippen LogP contribution in [0.15, 0.2) is 0 Å². The van der Waals surface area contributed by atoms with E-state index in [-0.39, 0.29) is 24.4 Å². The van der Waals surface area contributed by atoms with Gasteiger partial charge in [-0.05, 0) is 13.3 Å². The van der Waals surface area contributed by atoms with Crippen LogP contribution in [0.5, 0.6) is 0 Å². The maximum atomic E-state index is 12.0. The van der Waals surface area contributed by atoms with Crippen molar-refractivity contribution in [2.45, 2.75) is 44.7 Å². The summed E-state index contributed by atoms with van der Waals surface area (Å²) in [4.78, 5) is 23.8. The molecule has 0 saturated carbocycles. The Labute approximate surface area is 126 Å². The van der Waals surface area contributed by atoms with Crippen LogP contribution in [-0.2, 0) is 19.1 Å². The number of rotatable bonds is 6. The molecule has 0 aliphatic carbocycles. The highest BCUT2D eigenvalue weighted by atomic mass is 35.5. The third kappa shape index (κ3) is 5.64. The van der Waals surface area contributed by atoms with E-state index in [1.165, 1.54) is 7.11 Å². The molecule has 1 saturated heterocycles. The fourth-order valence-electron chi connectivity index (χ4n) is 2.27. The Kier molecular flexibility index (Phi) is 8.76. The van der Waals surface area contributed by atoms with Crippen molar-refractivity contribution >= 4 is 24.3 Å². The van der Waals surface area contributed by atoms with Gasteiger partial charge in [0.05, 0.1) is 20.3 Å². The van der Waals surface area contributed by atoms with Crippen molar-refractivity contribution in [2.75, 3.05) is 26.9 Å². The molecule has 1 fully saturated rings. The summed E-state index contributed by atoms with van der Waals surface area (Å²) < 4.78 is 10.1. The van der Waals surface area contributed by atoms with Crippen LogP contribution in [0.1, 0.15) is 33.1 Å². The minimum Gasteiger partial charge on any atom is -0.467 e. The van der Waals surface area contributed by atoms with Gasteiger partial charge < -0.3 is 20.1 Å². The first-order chi connectivity index (χ1) is 9.01. The monoisotopic (exact) mass is 308 g/mol. The average molecular weight is 309 g/mol. The highest BCUT2D eigenvalue weighted by molar-refractivity contribution is 5.87. The molecule has 0 radical (unpaired) electrons. The molecule has 0 aromatic rings. The summed E-state index contributed by atoms with van der Waals surface area (Å²) in [6.45, 7) is 5.61. The van der Waals surface area contributed by atoms with Gasteiger partial charge in [-0.1, -0.05) is 13.3 Å².